The Bertz CT molecular complexity index is 960. The Hall–Kier alpha value is -1.69. The van der Waals surface area contributed by atoms with Crippen molar-refractivity contribution in [3.8, 4) is 0 Å². The fourth-order valence-electron chi connectivity index (χ4n) is 3.94. The van der Waals surface area contributed by atoms with Crippen molar-refractivity contribution in [2.75, 3.05) is 42.7 Å². The zero-order valence-electron chi connectivity index (χ0n) is 16.4. The number of nitrogens with zero attached hydrogens (tertiary/aromatic N) is 5. The van der Waals surface area contributed by atoms with Gasteiger partial charge in [0.2, 0.25) is 21.9 Å². The second-order valence-corrected chi connectivity index (χ2v) is 9.91. The maximum Gasteiger partial charge on any atom is 0.230 e. The van der Waals surface area contributed by atoms with E-state index in [0.29, 0.717) is 28.7 Å². The van der Waals surface area contributed by atoms with Crippen molar-refractivity contribution in [3.05, 3.63) is 11.2 Å². The molecule has 2 aromatic heterocycles. The molecule has 2 aromatic rings. The first-order chi connectivity index (χ1) is 13.9. The normalized spacial score (nSPS) is 20.8. The molecule has 1 atom stereocenters. The molecule has 160 valence electrons. The number of fused-ring (bicyclic) bond motifs is 1. The van der Waals surface area contributed by atoms with Gasteiger partial charge >= 0.3 is 0 Å². The molecule has 2 aliphatic rings. The molecule has 0 radical (unpaired) electrons. The Morgan fingerprint density at radius 3 is 2.72 bits per heavy atom. The molecule has 0 unspecified atom stereocenters. The van der Waals surface area contributed by atoms with Gasteiger partial charge < -0.3 is 15.5 Å². The van der Waals surface area contributed by atoms with Gasteiger partial charge in [0, 0.05) is 37.8 Å². The minimum Gasteiger partial charge on any atom is -0.353 e. The van der Waals surface area contributed by atoms with Crippen LogP contribution in [0.25, 0.3) is 5.65 Å². The number of sulfonamides is 1. The minimum atomic E-state index is -3.35. The van der Waals surface area contributed by atoms with Crippen LogP contribution in [0.5, 0.6) is 0 Å². The number of likely N-dealkylation sites (N-methyl/N-ethyl adjacent to an activating group) is 1. The number of hydrogen-bond donors (Lipinski definition) is 3. The van der Waals surface area contributed by atoms with Gasteiger partial charge in [-0.15, -0.1) is 0 Å². The number of anilines is 2. The lowest BCUT2D eigenvalue weighted by atomic mass is 10.3. The second kappa shape index (κ2) is 8.58. The fraction of sp³-hybridized carbons (Fsp3) is 0.706. The minimum absolute atomic E-state index is 0.0368. The molecular formula is C17H27ClN8O2S. The van der Waals surface area contributed by atoms with Crippen LogP contribution in [0.15, 0.2) is 6.07 Å². The van der Waals surface area contributed by atoms with Gasteiger partial charge in [-0.25, -0.2) is 13.1 Å². The van der Waals surface area contributed by atoms with Crippen molar-refractivity contribution in [1.29, 1.82) is 0 Å². The van der Waals surface area contributed by atoms with E-state index in [0.717, 1.165) is 45.2 Å². The maximum absolute atomic E-state index is 12.3. The first kappa shape index (κ1) is 20.6. The number of aromatic nitrogens is 4. The lowest BCUT2D eigenvalue weighted by molar-refractivity contribution is 0.552. The first-order valence-electron chi connectivity index (χ1n) is 10.0. The highest BCUT2D eigenvalue weighted by molar-refractivity contribution is 7.89. The molecule has 12 heteroatoms. The Kier molecular flexibility index (Phi) is 6.09. The van der Waals surface area contributed by atoms with Crippen LogP contribution < -0.4 is 20.3 Å². The predicted molar refractivity (Wildman–Crippen MR) is 113 cm³/mol. The third-order valence-corrected chi connectivity index (χ3v) is 7.14. The summed E-state index contributed by atoms with van der Waals surface area (Å²) in [5, 5.41) is 10.9. The number of rotatable bonds is 8. The van der Waals surface area contributed by atoms with Gasteiger partial charge in [-0.2, -0.15) is 19.6 Å². The summed E-state index contributed by atoms with van der Waals surface area (Å²) in [5.41, 5.74) is 0.572. The Labute approximate surface area is 175 Å². The SMILES string of the molecule is CN[C@H]1CCN(c2nc(NCCS(=O)(=O)NC3CCCC3)n3nc(Cl)cc3n2)C1. The largest absolute Gasteiger partial charge is 0.353 e. The van der Waals surface area contributed by atoms with Gasteiger partial charge in [-0.1, -0.05) is 24.4 Å². The summed E-state index contributed by atoms with van der Waals surface area (Å²) in [4.78, 5) is 11.3. The van der Waals surface area contributed by atoms with E-state index in [9.17, 15) is 8.42 Å². The van der Waals surface area contributed by atoms with Crippen molar-refractivity contribution < 1.29 is 8.42 Å². The molecule has 2 fully saturated rings. The Balaban J connectivity index is 1.47. The standard InChI is InChI=1S/C17H27ClN8O2S/c1-19-13-6-8-25(11-13)17-21-15-10-14(18)23-26(15)16(22-17)20-7-9-29(27,28)24-12-4-2-3-5-12/h10,12-13,19,24H,2-9,11H2,1H3,(H,20,21,22)/t13-/m0/s1. The smallest absolute Gasteiger partial charge is 0.230 e. The van der Waals surface area contributed by atoms with Crippen molar-refractivity contribution in [3.63, 3.8) is 0 Å². The molecule has 0 aromatic carbocycles. The van der Waals surface area contributed by atoms with Gasteiger partial charge in [-0.05, 0) is 26.3 Å². The summed E-state index contributed by atoms with van der Waals surface area (Å²) in [5.74, 6) is 0.979. The zero-order chi connectivity index (χ0) is 20.4. The lowest BCUT2D eigenvalue weighted by Crippen LogP contribution is -2.36. The highest BCUT2D eigenvalue weighted by atomic mass is 35.5. The van der Waals surface area contributed by atoms with Gasteiger partial charge in [0.15, 0.2) is 10.8 Å². The summed E-state index contributed by atoms with van der Waals surface area (Å²) in [6.07, 6.45) is 5.00. The van der Waals surface area contributed by atoms with Crippen LogP contribution in [0.4, 0.5) is 11.9 Å². The van der Waals surface area contributed by atoms with E-state index in [1.54, 1.807) is 6.07 Å². The van der Waals surface area contributed by atoms with Gasteiger partial charge in [-0.3, -0.25) is 0 Å². The van der Waals surface area contributed by atoms with Crippen molar-refractivity contribution in [2.24, 2.45) is 0 Å². The van der Waals surface area contributed by atoms with Crippen LogP contribution in [0.3, 0.4) is 0 Å². The molecule has 10 nitrogen and oxygen atoms in total. The van der Waals surface area contributed by atoms with E-state index in [1.165, 1.54) is 4.52 Å². The quantitative estimate of drug-likeness (QED) is 0.551. The number of nitrogens with one attached hydrogen (secondary N) is 3. The van der Waals surface area contributed by atoms with Crippen LogP contribution in [0.2, 0.25) is 5.15 Å². The van der Waals surface area contributed by atoms with E-state index >= 15 is 0 Å². The van der Waals surface area contributed by atoms with Gasteiger partial charge in [0.05, 0.1) is 5.75 Å². The third-order valence-electron chi connectivity index (χ3n) is 5.52. The molecule has 1 saturated heterocycles. The van der Waals surface area contributed by atoms with E-state index < -0.39 is 10.0 Å². The highest BCUT2D eigenvalue weighted by Gasteiger charge is 2.25. The summed E-state index contributed by atoms with van der Waals surface area (Å²) >= 11 is 6.06. The average Bonchev–Trinajstić information content (AvgIpc) is 3.40. The molecule has 0 spiro atoms. The van der Waals surface area contributed by atoms with E-state index in [-0.39, 0.29) is 18.3 Å². The molecule has 3 N–H and O–H groups in total. The number of halogens is 1. The van der Waals surface area contributed by atoms with Crippen molar-refractivity contribution in [2.45, 2.75) is 44.2 Å². The Morgan fingerprint density at radius 2 is 2.00 bits per heavy atom. The van der Waals surface area contributed by atoms with Crippen LogP contribution in [0, 0.1) is 0 Å². The summed E-state index contributed by atoms with van der Waals surface area (Å²) in [7, 11) is -1.40. The molecular weight excluding hydrogens is 416 g/mol. The fourth-order valence-corrected chi connectivity index (χ4v) is 5.34. The lowest BCUT2D eigenvalue weighted by Gasteiger charge is -2.18. The maximum atomic E-state index is 12.3. The van der Waals surface area contributed by atoms with Crippen LogP contribution in [-0.4, -0.2) is 72.5 Å². The zero-order valence-corrected chi connectivity index (χ0v) is 18.0. The molecule has 0 amide bonds. The summed E-state index contributed by atoms with van der Waals surface area (Å²) in [6, 6.07) is 2.13. The van der Waals surface area contributed by atoms with Gasteiger partial charge in [0.1, 0.15) is 0 Å². The second-order valence-electron chi connectivity index (χ2n) is 7.65. The molecule has 0 bridgehead atoms. The van der Waals surface area contributed by atoms with Crippen LogP contribution in [0.1, 0.15) is 32.1 Å². The Morgan fingerprint density at radius 1 is 1.21 bits per heavy atom. The van der Waals surface area contributed by atoms with Crippen molar-refractivity contribution >= 4 is 39.2 Å². The van der Waals surface area contributed by atoms with E-state index in [2.05, 4.69) is 35.3 Å². The molecule has 1 saturated carbocycles. The number of hydrogen-bond acceptors (Lipinski definition) is 8. The molecule has 1 aliphatic heterocycles. The van der Waals surface area contributed by atoms with Crippen LogP contribution >= 0.6 is 11.6 Å². The summed E-state index contributed by atoms with van der Waals surface area (Å²) in [6.45, 7) is 1.88. The molecule has 4 rings (SSSR count). The first-order valence-corrected chi connectivity index (χ1v) is 12.1. The topological polar surface area (TPSA) is 117 Å². The van der Waals surface area contributed by atoms with Crippen molar-refractivity contribution in [1.82, 2.24) is 29.6 Å². The third kappa shape index (κ3) is 4.90. The molecule has 3 heterocycles. The average molecular weight is 443 g/mol. The highest BCUT2D eigenvalue weighted by Crippen LogP contribution is 2.21. The van der Waals surface area contributed by atoms with E-state index in [1.807, 2.05) is 7.05 Å². The molecule has 1 aliphatic carbocycles. The molecule has 29 heavy (non-hydrogen) atoms. The van der Waals surface area contributed by atoms with Crippen LogP contribution in [-0.2, 0) is 10.0 Å². The van der Waals surface area contributed by atoms with E-state index in [4.69, 9.17) is 11.6 Å². The van der Waals surface area contributed by atoms with Gasteiger partial charge in [0.25, 0.3) is 0 Å². The monoisotopic (exact) mass is 442 g/mol. The predicted octanol–water partition coefficient (Wildman–Crippen LogP) is 0.850. The summed E-state index contributed by atoms with van der Waals surface area (Å²) < 4.78 is 29.0.